The molecule has 0 amide bonds. The predicted octanol–water partition coefficient (Wildman–Crippen LogP) is 4.82. The van der Waals surface area contributed by atoms with Crippen molar-refractivity contribution >= 4 is 27.5 Å². The Balaban J connectivity index is 2.37. The molecule has 0 aromatic heterocycles. The van der Waals surface area contributed by atoms with E-state index in [1.54, 1.807) is 12.1 Å². The molecule has 0 spiro atoms. The average Bonchev–Trinajstić information content (AvgIpc) is 2.74. The number of hydrogen-bond donors (Lipinski definition) is 1. The molecule has 1 atom stereocenters. The summed E-state index contributed by atoms with van der Waals surface area (Å²) in [6.45, 7) is 2.14. The molecule has 17 heavy (non-hydrogen) atoms. The maximum Gasteiger partial charge on any atom is 0.147 e. The number of nitrogens with two attached hydrogens (primary N) is 1. The Morgan fingerprint density at radius 1 is 1.41 bits per heavy atom. The monoisotopic (exact) mass is 319 g/mol. The van der Waals surface area contributed by atoms with Crippen LogP contribution in [-0.2, 0) is 0 Å². The fourth-order valence-corrected chi connectivity index (χ4v) is 3.13. The van der Waals surface area contributed by atoms with Gasteiger partial charge >= 0.3 is 0 Å². The van der Waals surface area contributed by atoms with Crippen LogP contribution in [0.1, 0.15) is 44.2 Å². The van der Waals surface area contributed by atoms with Gasteiger partial charge in [-0.3, -0.25) is 0 Å². The standard InChI is InChI=1S/C13H16BrClFN/c1-13(6-2-3-7-13)12(17)8-4-5-9(14)10(15)11(8)16/h4-5,12H,2-3,6-7,17H2,1H3. The predicted molar refractivity (Wildman–Crippen MR) is 72.6 cm³/mol. The van der Waals surface area contributed by atoms with Crippen LogP contribution in [-0.4, -0.2) is 0 Å². The van der Waals surface area contributed by atoms with Gasteiger partial charge < -0.3 is 5.73 Å². The molecule has 1 aromatic rings. The van der Waals surface area contributed by atoms with Crippen LogP contribution in [0.4, 0.5) is 4.39 Å². The molecule has 1 saturated carbocycles. The molecule has 0 bridgehead atoms. The average molecular weight is 321 g/mol. The molecule has 2 rings (SSSR count). The van der Waals surface area contributed by atoms with Crippen molar-refractivity contribution in [3.63, 3.8) is 0 Å². The smallest absolute Gasteiger partial charge is 0.147 e. The molecule has 1 fully saturated rings. The highest BCUT2D eigenvalue weighted by molar-refractivity contribution is 9.10. The topological polar surface area (TPSA) is 26.0 Å². The summed E-state index contributed by atoms with van der Waals surface area (Å²) >= 11 is 9.12. The molecule has 0 aliphatic heterocycles. The molecule has 1 aromatic carbocycles. The third-order valence-corrected chi connectivity index (χ3v) is 5.16. The van der Waals surface area contributed by atoms with Crippen LogP contribution in [0, 0.1) is 11.2 Å². The van der Waals surface area contributed by atoms with E-state index >= 15 is 0 Å². The van der Waals surface area contributed by atoms with Crippen molar-refractivity contribution in [3.05, 3.63) is 33.0 Å². The lowest BCUT2D eigenvalue weighted by atomic mass is 9.77. The van der Waals surface area contributed by atoms with Gasteiger partial charge in [0.1, 0.15) is 5.82 Å². The Hall–Kier alpha value is -0.120. The lowest BCUT2D eigenvalue weighted by Crippen LogP contribution is -2.30. The summed E-state index contributed by atoms with van der Waals surface area (Å²) in [5.41, 5.74) is 6.77. The van der Waals surface area contributed by atoms with Gasteiger partial charge in [0.05, 0.1) is 5.02 Å². The zero-order chi connectivity index (χ0) is 12.6. The van der Waals surface area contributed by atoms with Gasteiger partial charge in [-0.15, -0.1) is 0 Å². The summed E-state index contributed by atoms with van der Waals surface area (Å²) in [7, 11) is 0. The lowest BCUT2D eigenvalue weighted by Gasteiger charge is -2.31. The van der Waals surface area contributed by atoms with Crippen molar-refractivity contribution in [3.8, 4) is 0 Å². The molecule has 4 heteroatoms. The summed E-state index contributed by atoms with van der Waals surface area (Å²) in [4.78, 5) is 0. The molecular formula is C13H16BrClFN. The highest BCUT2D eigenvalue weighted by Gasteiger charge is 2.37. The zero-order valence-corrected chi connectivity index (χ0v) is 12.1. The Bertz CT molecular complexity index is 430. The van der Waals surface area contributed by atoms with Crippen molar-refractivity contribution in [1.82, 2.24) is 0 Å². The third-order valence-electron chi connectivity index (χ3n) is 3.90. The first-order valence-electron chi connectivity index (χ1n) is 5.85. The zero-order valence-electron chi connectivity index (χ0n) is 9.77. The molecule has 94 valence electrons. The normalized spacial score (nSPS) is 20.5. The SMILES string of the molecule is CC1(C(N)c2ccc(Br)c(Cl)c2F)CCCC1. The van der Waals surface area contributed by atoms with Gasteiger partial charge in [0, 0.05) is 16.1 Å². The van der Waals surface area contributed by atoms with Gasteiger partial charge in [0.2, 0.25) is 0 Å². The molecule has 0 saturated heterocycles. The highest BCUT2D eigenvalue weighted by atomic mass is 79.9. The van der Waals surface area contributed by atoms with Crippen LogP contribution in [0.25, 0.3) is 0 Å². The van der Waals surface area contributed by atoms with E-state index in [9.17, 15) is 4.39 Å². The van der Waals surface area contributed by atoms with Crippen LogP contribution < -0.4 is 5.73 Å². The van der Waals surface area contributed by atoms with E-state index in [-0.39, 0.29) is 22.3 Å². The molecule has 0 heterocycles. The van der Waals surface area contributed by atoms with Gasteiger partial charge in [-0.25, -0.2) is 4.39 Å². The molecule has 2 N–H and O–H groups in total. The second-order valence-corrected chi connectivity index (χ2v) is 6.34. The van der Waals surface area contributed by atoms with E-state index in [0.717, 1.165) is 12.8 Å². The van der Waals surface area contributed by atoms with Crippen molar-refractivity contribution in [1.29, 1.82) is 0 Å². The van der Waals surface area contributed by atoms with E-state index < -0.39 is 0 Å². The summed E-state index contributed by atoms with van der Waals surface area (Å²) in [5, 5.41) is 0.125. The van der Waals surface area contributed by atoms with E-state index in [2.05, 4.69) is 22.9 Å². The van der Waals surface area contributed by atoms with Crippen molar-refractivity contribution in [2.75, 3.05) is 0 Å². The molecule has 1 nitrogen and oxygen atoms in total. The van der Waals surface area contributed by atoms with E-state index in [4.69, 9.17) is 17.3 Å². The van der Waals surface area contributed by atoms with Crippen molar-refractivity contribution < 1.29 is 4.39 Å². The largest absolute Gasteiger partial charge is 0.323 e. The van der Waals surface area contributed by atoms with Crippen LogP contribution in [0.5, 0.6) is 0 Å². The van der Waals surface area contributed by atoms with Crippen molar-refractivity contribution in [2.45, 2.75) is 38.6 Å². The van der Waals surface area contributed by atoms with Gasteiger partial charge in [-0.05, 0) is 40.3 Å². The Labute approximate surface area is 115 Å². The van der Waals surface area contributed by atoms with Gasteiger partial charge in [-0.1, -0.05) is 37.4 Å². The third kappa shape index (κ3) is 2.38. The van der Waals surface area contributed by atoms with Crippen molar-refractivity contribution in [2.24, 2.45) is 11.1 Å². The molecular weight excluding hydrogens is 305 g/mol. The summed E-state index contributed by atoms with van der Waals surface area (Å²) < 4.78 is 14.7. The number of hydrogen-bond acceptors (Lipinski definition) is 1. The summed E-state index contributed by atoms with van der Waals surface area (Å²) in [6.07, 6.45) is 4.47. The van der Waals surface area contributed by atoms with E-state index in [0.29, 0.717) is 10.0 Å². The molecule has 1 aliphatic rings. The Morgan fingerprint density at radius 3 is 2.59 bits per heavy atom. The van der Waals surface area contributed by atoms with Gasteiger partial charge in [0.25, 0.3) is 0 Å². The van der Waals surface area contributed by atoms with Gasteiger partial charge in [-0.2, -0.15) is 0 Å². The van der Waals surface area contributed by atoms with Crippen LogP contribution in [0.15, 0.2) is 16.6 Å². The van der Waals surface area contributed by atoms with Crippen LogP contribution >= 0.6 is 27.5 Å². The second-order valence-electron chi connectivity index (χ2n) is 5.10. The fourth-order valence-electron chi connectivity index (χ4n) is 2.65. The number of halogens is 3. The van der Waals surface area contributed by atoms with Crippen LogP contribution in [0.3, 0.4) is 0 Å². The van der Waals surface area contributed by atoms with E-state index in [1.807, 2.05) is 0 Å². The Morgan fingerprint density at radius 2 is 2.00 bits per heavy atom. The maximum atomic E-state index is 14.1. The Kier molecular flexibility index (Phi) is 3.81. The minimum absolute atomic E-state index is 0.00199. The summed E-state index contributed by atoms with van der Waals surface area (Å²) in [6, 6.07) is 3.22. The lowest BCUT2D eigenvalue weighted by molar-refractivity contribution is 0.260. The molecule has 1 unspecified atom stereocenters. The highest BCUT2D eigenvalue weighted by Crippen LogP contribution is 2.47. The molecule has 0 radical (unpaired) electrons. The first-order chi connectivity index (χ1) is 7.96. The minimum atomic E-state index is -0.387. The minimum Gasteiger partial charge on any atom is -0.323 e. The van der Waals surface area contributed by atoms with Gasteiger partial charge in [0.15, 0.2) is 0 Å². The quantitative estimate of drug-likeness (QED) is 0.777. The molecule has 1 aliphatic carbocycles. The van der Waals surface area contributed by atoms with E-state index in [1.165, 1.54) is 12.8 Å². The first-order valence-corrected chi connectivity index (χ1v) is 7.02. The first kappa shape index (κ1) is 13.3. The second kappa shape index (κ2) is 4.87. The number of benzene rings is 1. The van der Waals surface area contributed by atoms with Crippen LogP contribution in [0.2, 0.25) is 5.02 Å². The number of rotatable bonds is 2. The maximum absolute atomic E-state index is 14.1. The fraction of sp³-hybridized carbons (Fsp3) is 0.538. The summed E-state index contributed by atoms with van der Waals surface area (Å²) in [5.74, 6) is -0.387.